The second kappa shape index (κ2) is 8.96. The molecular formula is C27H21Cl2N5O4. The molecule has 38 heavy (non-hydrogen) atoms. The van der Waals surface area contributed by atoms with Gasteiger partial charge in [0, 0.05) is 48.1 Å². The Kier molecular flexibility index (Phi) is 5.52. The average molecular weight is 550 g/mol. The van der Waals surface area contributed by atoms with Gasteiger partial charge in [0.25, 0.3) is 11.8 Å². The van der Waals surface area contributed by atoms with Crippen molar-refractivity contribution in [3.63, 3.8) is 0 Å². The molecule has 1 saturated heterocycles. The number of nitrogens with zero attached hydrogens (tertiary/aromatic N) is 5. The molecule has 4 heterocycles. The van der Waals surface area contributed by atoms with Gasteiger partial charge >= 0.3 is 5.97 Å². The second-order valence-electron chi connectivity index (χ2n) is 10.0. The highest BCUT2D eigenvalue weighted by Gasteiger charge is 2.55. The minimum Gasteiger partial charge on any atom is -0.478 e. The van der Waals surface area contributed by atoms with E-state index in [-0.39, 0.29) is 5.56 Å². The van der Waals surface area contributed by atoms with Crippen LogP contribution in [-0.4, -0.2) is 44.4 Å². The number of rotatable bonds is 7. The summed E-state index contributed by atoms with van der Waals surface area (Å²) in [6.45, 7) is 1.68. The number of carboxylic acid groups (broad SMARTS) is 1. The predicted molar refractivity (Wildman–Crippen MR) is 140 cm³/mol. The molecule has 2 atom stereocenters. The van der Waals surface area contributed by atoms with Crippen molar-refractivity contribution in [2.75, 3.05) is 18.0 Å². The Bertz CT molecular complexity index is 1540. The maximum atomic E-state index is 11.1. The van der Waals surface area contributed by atoms with Crippen molar-refractivity contribution in [1.29, 1.82) is 0 Å². The van der Waals surface area contributed by atoms with Crippen LogP contribution in [-0.2, 0) is 0 Å². The van der Waals surface area contributed by atoms with E-state index < -0.39 is 5.97 Å². The van der Waals surface area contributed by atoms with Gasteiger partial charge in [0.15, 0.2) is 0 Å². The molecule has 2 saturated carbocycles. The molecule has 3 aliphatic rings. The molecule has 11 heteroatoms. The van der Waals surface area contributed by atoms with Crippen molar-refractivity contribution in [2.45, 2.75) is 18.8 Å². The zero-order chi connectivity index (χ0) is 26.0. The van der Waals surface area contributed by atoms with Crippen molar-refractivity contribution in [3.8, 4) is 22.7 Å². The third-order valence-electron chi connectivity index (χ3n) is 7.62. The third kappa shape index (κ3) is 4.06. The summed E-state index contributed by atoms with van der Waals surface area (Å²) in [5.41, 5.74) is 3.14. The smallest absolute Gasteiger partial charge is 0.335 e. The first-order chi connectivity index (χ1) is 18.5. The number of hydrogen-bond donors (Lipinski definition) is 1. The highest BCUT2D eigenvalue weighted by molar-refractivity contribution is 6.39. The van der Waals surface area contributed by atoms with Gasteiger partial charge in [-0.15, -0.1) is 0 Å². The van der Waals surface area contributed by atoms with Crippen molar-refractivity contribution in [1.82, 2.24) is 20.3 Å². The van der Waals surface area contributed by atoms with Crippen LogP contribution in [0.25, 0.3) is 28.8 Å². The lowest BCUT2D eigenvalue weighted by molar-refractivity contribution is 0.0697. The van der Waals surface area contributed by atoms with Crippen LogP contribution < -0.4 is 4.90 Å². The summed E-state index contributed by atoms with van der Waals surface area (Å²) in [7, 11) is 0. The summed E-state index contributed by atoms with van der Waals surface area (Å²) in [5.74, 6) is 2.68. The number of fused-ring (bicyclic) bond motifs is 1. The number of hydrogen-bond acceptors (Lipinski definition) is 8. The first-order valence-corrected chi connectivity index (χ1v) is 13.1. The van der Waals surface area contributed by atoms with E-state index in [9.17, 15) is 4.79 Å². The molecule has 1 N–H and O–H groups in total. The number of aromatic carboxylic acids is 1. The molecule has 0 radical (unpaired) electrons. The molecule has 0 amide bonds. The maximum Gasteiger partial charge on any atom is 0.335 e. The first-order valence-electron chi connectivity index (χ1n) is 12.4. The minimum absolute atomic E-state index is 0.210. The van der Waals surface area contributed by atoms with E-state index in [4.69, 9.17) is 37.4 Å². The molecule has 7 rings (SSSR count). The van der Waals surface area contributed by atoms with E-state index >= 15 is 0 Å². The van der Waals surface area contributed by atoms with Gasteiger partial charge in [-0.1, -0.05) is 40.5 Å². The second-order valence-corrected chi connectivity index (χ2v) is 10.8. The summed E-state index contributed by atoms with van der Waals surface area (Å²) in [6.07, 6.45) is 9.68. The fourth-order valence-corrected chi connectivity index (χ4v) is 5.92. The Labute approximate surface area is 227 Å². The van der Waals surface area contributed by atoms with Gasteiger partial charge in [-0.2, -0.15) is 4.98 Å². The lowest BCUT2D eigenvalue weighted by Gasteiger charge is -2.15. The van der Waals surface area contributed by atoms with Crippen LogP contribution in [0.4, 0.5) is 5.95 Å². The molecule has 0 bridgehead atoms. The molecule has 3 fully saturated rings. The molecule has 3 aromatic heterocycles. The van der Waals surface area contributed by atoms with Crippen LogP contribution in [0.3, 0.4) is 0 Å². The summed E-state index contributed by atoms with van der Waals surface area (Å²) in [6, 6.07) is 6.39. The highest BCUT2D eigenvalue weighted by atomic mass is 35.5. The largest absolute Gasteiger partial charge is 0.478 e. The number of piperidine rings is 1. The zero-order valence-electron chi connectivity index (χ0n) is 19.9. The fourth-order valence-electron chi connectivity index (χ4n) is 5.37. The number of allylic oxidation sites excluding steroid dienone is 1. The number of carbonyl (C=O) groups is 1. The van der Waals surface area contributed by atoms with Crippen LogP contribution in [0, 0.1) is 17.8 Å². The molecule has 4 aromatic rings. The molecule has 1 aromatic carbocycles. The molecule has 9 nitrogen and oxygen atoms in total. The van der Waals surface area contributed by atoms with Crippen molar-refractivity contribution in [2.24, 2.45) is 17.8 Å². The number of halogens is 2. The quantitative estimate of drug-likeness (QED) is 0.293. The number of pyridine rings is 1. The van der Waals surface area contributed by atoms with Gasteiger partial charge < -0.3 is 19.1 Å². The van der Waals surface area contributed by atoms with Crippen molar-refractivity contribution >= 4 is 41.2 Å². The predicted octanol–water partition coefficient (Wildman–Crippen LogP) is 6.06. The van der Waals surface area contributed by atoms with Crippen LogP contribution in [0.1, 0.15) is 40.4 Å². The fraction of sp³-hybridized carbons (Fsp3) is 0.296. The van der Waals surface area contributed by atoms with E-state index in [1.54, 1.807) is 24.5 Å². The lowest BCUT2D eigenvalue weighted by Crippen LogP contribution is -2.24. The van der Waals surface area contributed by atoms with Crippen LogP contribution in [0.5, 0.6) is 0 Å². The number of anilines is 1. The number of carboxylic acids is 1. The highest BCUT2D eigenvalue weighted by Crippen LogP contribution is 2.54. The molecular weight excluding hydrogens is 529 g/mol. The summed E-state index contributed by atoms with van der Waals surface area (Å²) in [5, 5.41) is 18.5. The monoisotopic (exact) mass is 549 g/mol. The van der Waals surface area contributed by atoms with Gasteiger partial charge in [-0.25, -0.2) is 4.79 Å². The maximum absolute atomic E-state index is 11.1. The standard InChI is InChI=1S/C27H21Cl2N5O4/c28-20-9-30-10-21(29)22(20)23-17(24(37-32-23)13-1-2-13)8-7-16-18-11-34(12-19(16)18)27-31-25(38-33-27)14-3-5-15(6-4-14)26(35)36/h3-10,13,16,18-19H,1-2,11-12H2,(H,35,36). The Hall–Kier alpha value is -3.69. The Morgan fingerprint density at radius 3 is 2.39 bits per heavy atom. The van der Waals surface area contributed by atoms with Gasteiger partial charge in [-0.05, 0) is 60.0 Å². The molecule has 0 spiro atoms. The summed E-state index contributed by atoms with van der Waals surface area (Å²) in [4.78, 5) is 21.8. The van der Waals surface area contributed by atoms with E-state index in [0.717, 1.165) is 37.3 Å². The lowest BCUT2D eigenvalue weighted by atomic mass is 10.0. The molecule has 2 unspecified atom stereocenters. The minimum atomic E-state index is -0.975. The van der Waals surface area contributed by atoms with Crippen LogP contribution in [0.2, 0.25) is 10.0 Å². The average Bonchev–Trinajstić information content (AvgIpc) is 3.64. The Morgan fingerprint density at radius 2 is 1.74 bits per heavy atom. The summed E-state index contributed by atoms with van der Waals surface area (Å²) < 4.78 is 11.2. The number of aromatic nitrogens is 4. The van der Waals surface area contributed by atoms with Gasteiger partial charge in [0.2, 0.25) is 0 Å². The molecule has 2 aliphatic carbocycles. The first kappa shape index (κ1) is 23.4. The molecule has 1 aliphatic heterocycles. The topological polar surface area (TPSA) is 118 Å². The van der Waals surface area contributed by atoms with E-state index in [1.807, 2.05) is 0 Å². The Morgan fingerprint density at radius 1 is 1.03 bits per heavy atom. The van der Waals surface area contributed by atoms with E-state index in [2.05, 4.69) is 37.3 Å². The van der Waals surface area contributed by atoms with Crippen LogP contribution >= 0.6 is 23.2 Å². The third-order valence-corrected chi connectivity index (χ3v) is 8.19. The normalized spacial score (nSPS) is 22.3. The Balaban J connectivity index is 1.06. The van der Waals surface area contributed by atoms with Gasteiger partial charge in [0.05, 0.1) is 15.6 Å². The van der Waals surface area contributed by atoms with E-state index in [1.165, 1.54) is 12.1 Å². The SMILES string of the molecule is O=C(O)c1ccc(-c2nc(N3CC4C(C=Cc5c(-c6c(Cl)cncc6Cl)noc5C5CC5)C4C3)no2)cc1. The van der Waals surface area contributed by atoms with E-state index in [0.29, 0.717) is 62.4 Å². The van der Waals surface area contributed by atoms with Gasteiger partial charge in [-0.3, -0.25) is 4.98 Å². The van der Waals surface area contributed by atoms with Crippen molar-refractivity contribution in [3.05, 3.63) is 69.7 Å². The zero-order valence-corrected chi connectivity index (χ0v) is 21.4. The summed E-state index contributed by atoms with van der Waals surface area (Å²) >= 11 is 12.9. The van der Waals surface area contributed by atoms with Crippen molar-refractivity contribution < 1.29 is 18.9 Å². The van der Waals surface area contributed by atoms with Gasteiger partial charge in [0.1, 0.15) is 11.5 Å². The van der Waals surface area contributed by atoms with Crippen LogP contribution in [0.15, 0.2) is 51.8 Å². The number of benzene rings is 1. The molecule has 192 valence electrons.